The van der Waals surface area contributed by atoms with E-state index in [-0.39, 0.29) is 10.7 Å². The molecule has 0 N–H and O–H groups in total. The van der Waals surface area contributed by atoms with Crippen molar-refractivity contribution in [2.24, 2.45) is 4.36 Å². The highest BCUT2D eigenvalue weighted by Gasteiger charge is 2.22. The van der Waals surface area contributed by atoms with Crippen molar-refractivity contribution in [2.45, 2.75) is 18.1 Å². The van der Waals surface area contributed by atoms with E-state index in [2.05, 4.69) is 15.4 Å². The maximum atomic E-state index is 5.76. The third-order valence-electron chi connectivity index (χ3n) is 2.50. The molecule has 2 nitrogen and oxygen atoms in total. The normalized spacial score (nSPS) is 27.0. The van der Waals surface area contributed by atoms with Crippen molar-refractivity contribution in [3.05, 3.63) is 29.0 Å². The molecule has 0 amide bonds. The molecule has 1 aliphatic rings. The fourth-order valence-corrected chi connectivity index (χ4v) is 4.00. The van der Waals surface area contributed by atoms with E-state index in [1.54, 1.807) is 0 Å². The minimum atomic E-state index is 0.212. The third kappa shape index (κ3) is 1.98. The highest BCUT2D eigenvalue weighted by Crippen LogP contribution is 2.32. The largest absolute Gasteiger partial charge is 0.268 e. The summed E-state index contributed by atoms with van der Waals surface area (Å²) in [5, 5.41) is 1.16. The van der Waals surface area contributed by atoms with E-state index in [1.165, 1.54) is 24.2 Å². The van der Waals surface area contributed by atoms with Crippen molar-refractivity contribution in [2.75, 3.05) is 12.8 Å². The Labute approximate surface area is 91.8 Å². The highest BCUT2D eigenvalue weighted by atomic mass is 35.5. The lowest BCUT2D eigenvalue weighted by atomic mass is 10.1. The topological polar surface area (TPSA) is 25.2 Å². The van der Waals surface area contributed by atoms with Crippen LogP contribution in [-0.4, -0.2) is 17.8 Å². The molecule has 2 atom stereocenters. The predicted molar refractivity (Wildman–Crippen MR) is 61.8 cm³/mol. The summed E-state index contributed by atoms with van der Waals surface area (Å²) in [6.45, 7) is 0. The van der Waals surface area contributed by atoms with Crippen LogP contribution in [0.15, 0.2) is 22.7 Å². The predicted octanol–water partition coefficient (Wildman–Crippen LogP) is 3.00. The van der Waals surface area contributed by atoms with Gasteiger partial charge in [-0.15, -0.1) is 0 Å². The van der Waals surface area contributed by atoms with Crippen LogP contribution in [0.2, 0.25) is 5.15 Å². The van der Waals surface area contributed by atoms with Crippen molar-refractivity contribution < 1.29 is 0 Å². The number of hydrogen-bond acceptors (Lipinski definition) is 2. The molecular weight excluding hydrogens is 216 g/mol. The van der Waals surface area contributed by atoms with Gasteiger partial charge in [-0.1, -0.05) is 28.4 Å². The smallest absolute Gasteiger partial charge is 0.129 e. The molecule has 1 aromatic heterocycles. The van der Waals surface area contributed by atoms with Crippen molar-refractivity contribution in [3.8, 4) is 0 Å². The molecule has 0 radical (unpaired) electrons. The number of halogens is 1. The van der Waals surface area contributed by atoms with E-state index in [0.29, 0.717) is 10.4 Å². The van der Waals surface area contributed by atoms with E-state index in [4.69, 9.17) is 11.6 Å². The molecular formula is C10H13ClN2S. The lowest BCUT2D eigenvalue weighted by Gasteiger charge is -2.11. The summed E-state index contributed by atoms with van der Waals surface area (Å²) in [6, 6.07) is 3.95. The number of hydrogen-bond donors (Lipinski definition) is 0. The van der Waals surface area contributed by atoms with Gasteiger partial charge < -0.3 is 0 Å². The number of nitrogens with zero attached hydrogens (tertiary/aromatic N) is 2. The van der Waals surface area contributed by atoms with Crippen LogP contribution in [0.4, 0.5) is 0 Å². The monoisotopic (exact) mass is 228 g/mol. The Kier molecular flexibility index (Phi) is 3.19. The first kappa shape index (κ1) is 10.1. The van der Waals surface area contributed by atoms with Gasteiger partial charge in [-0.25, -0.2) is 4.98 Å². The second kappa shape index (κ2) is 4.41. The van der Waals surface area contributed by atoms with Crippen LogP contribution >= 0.6 is 11.6 Å². The summed E-state index contributed by atoms with van der Waals surface area (Å²) in [6.07, 6.45) is 4.42. The van der Waals surface area contributed by atoms with Crippen molar-refractivity contribution in [1.29, 1.82) is 0 Å². The number of rotatable bonds is 1. The fourth-order valence-electron chi connectivity index (χ4n) is 1.81. The Bertz CT molecular complexity index is 348. The molecule has 2 unspecified atom stereocenters. The van der Waals surface area contributed by atoms with E-state index >= 15 is 0 Å². The van der Waals surface area contributed by atoms with Gasteiger partial charge in [-0.05, 0) is 24.5 Å². The molecule has 0 spiro atoms. The van der Waals surface area contributed by atoms with E-state index < -0.39 is 0 Å². The molecule has 0 aliphatic carbocycles. The molecule has 0 bridgehead atoms. The second-order valence-electron chi connectivity index (χ2n) is 3.33. The van der Waals surface area contributed by atoms with E-state index in [9.17, 15) is 0 Å². The first-order valence-electron chi connectivity index (χ1n) is 4.72. The van der Waals surface area contributed by atoms with Crippen LogP contribution in [0.5, 0.6) is 0 Å². The zero-order valence-electron chi connectivity index (χ0n) is 8.11. The molecule has 0 aromatic carbocycles. The van der Waals surface area contributed by atoms with Gasteiger partial charge in [-0.3, -0.25) is 4.36 Å². The maximum absolute atomic E-state index is 5.76. The summed E-state index contributed by atoms with van der Waals surface area (Å²) in [7, 11) is 2.13. The molecule has 1 aliphatic heterocycles. The Balaban J connectivity index is 2.26. The van der Waals surface area contributed by atoms with Gasteiger partial charge in [0.25, 0.3) is 0 Å². The molecule has 1 fully saturated rings. The van der Waals surface area contributed by atoms with Gasteiger partial charge in [0.15, 0.2) is 0 Å². The average molecular weight is 229 g/mol. The molecule has 1 saturated heterocycles. The van der Waals surface area contributed by atoms with Gasteiger partial charge in [0.05, 0.1) is 0 Å². The minimum Gasteiger partial charge on any atom is -0.268 e. The van der Waals surface area contributed by atoms with Crippen molar-refractivity contribution in [1.82, 2.24) is 4.98 Å². The molecule has 1 aromatic rings. The van der Waals surface area contributed by atoms with Gasteiger partial charge in [0.1, 0.15) is 5.15 Å². The van der Waals surface area contributed by atoms with E-state index in [1.807, 2.05) is 19.3 Å². The second-order valence-corrected chi connectivity index (χ2v) is 5.87. The van der Waals surface area contributed by atoms with Crippen molar-refractivity contribution >= 4 is 22.3 Å². The van der Waals surface area contributed by atoms with Crippen LogP contribution in [0.1, 0.15) is 23.7 Å². The maximum Gasteiger partial charge on any atom is 0.129 e. The number of pyridine rings is 1. The standard InChI is InChI=1S/C10H13ClN2S/c1-12-14-6-2-3-9(14)8-4-5-10(11)13-7-8/h4-5,7,9H,2-3,6H2,1H3. The molecule has 76 valence electrons. The van der Waals surface area contributed by atoms with E-state index in [0.717, 1.165) is 0 Å². The van der Waals surface area contributed by atoms with Gasteiger partial charge in [0, 0.05) is 24.2 Å². The quantitative estimate of drug-likeness (QED) is 0.679. The van der Waals surface area contributed by atoms with Crippen LogP contribution in [0, 0.1) is 0 Å². The molecule has 14 heavy (non-hydrogen) atoms. The summed E-state index contributed by atoms with van der Waals surface area (Å²) in [5.41, 5.74) is 1.29. The lowest BCUT2D eigenvalue weighted by Crippen LogP contribution is -2.00. The Morgan fingerprint density at radius 3 is 3.07 bits per heavy atom. The molecule has 4 heteroatoms. The Hall–Kier alpha value is -0.410. The zero-order valence-corrected chi connectivity index (χ0v) is 9.68. The van der Waals surface area contributed by atoms with Gasteiger partial charge in [0.2, 0.25) is 0 Å². The molecule has 0 saturated carbocycles. The Morgan fingerprint density at radius 2 is 2.43 bits per heavy atom. The summed E-state index contributed by atoms with van der Waals surface area (Å²) >= 11 is 5.76. The van der Waals surface area contributed by atoms with Crippen molar-refractivity contribution in [3.63, 3.8) is 0 Å². The average Bonchev–Trinajstić information content (AvgIpc) is 2.67. The number of aromatic nitrogens is 1. The first-order valence-corrected chi connectivity index (χ1v) is 6.51. The summed E-state index contributed by atoms with van der Waals surface area (Å²) < 4.78 is 4.43. The molecule has 2 rings (SSSR count). The lowest BCUT2D eigenvalue weighted by molar-refractivity contribution is 0.824. The molecule has 2 heterocycles. The van der Waals surface area contributed by atoms with Crippen LogP contribution in [0.25, 0.3) is 0 Å². The third-order valence-corrected chi connectivity index (χ3v) is 5.07. The van der Waals surface area contributed by atoms with Crippen LogP contribution in [0.3, 0.4) is 0 Å². The Morgan fingerprint density at radius 1 is 1.57 bits per heavy atom. The van der Waals surface area contributed by atoms with Crippen LogP contribution in [-0.2, 0) is 10.7 Å². The fraction of sp³-hybridized carbons (Fsp3) is 0.500. The SMILES string of the molecule is CN=S1CCCC1c1ccc(Cl)nc1. The summed E-state index contributed by atoms with van der Waals surface area (Å²) in [4.78, 5) is 4.12. The van der Waals surface area contributed by atoms with Crippen LogP contribution < -0.4 is 0 Å². The highest BCUT2D eigenvalue weighted by molar-refractivity contribution is 7.87. The summed E-state index contributed by atoms with van der Waals surface area (Å²) in [5.74, 6) is 1.24. The zero-order chi connectivity index (χ0) is 9.97. The first-order chi connectivity index (χ1) is 6.81. The van der Waals surface area contributed by atoms with Gasteiger partial charge in [-0.2, -0.15) is 0 Å². The minimum absolute atomic E-state index is 0.212. The van der Waals surface area contributed by atoms with Gasteiger partial charge >= 0.3 is 0 Å².